The van der Waals surface area contributed by atoms with Gasteiger partial charge in [0.1, 0.15) is 17.4 Å². The molecular formula is C24H28N4O4. The summed E-state index contributed by atoms with van der Waals surface area (Å²) in [6.45, 7) is 7.61. The maximum atomic E-state index is 12.9. The Morgan fingerprint density at radius 2 is 2.00 bits per heavy atom. The summed E-state index contributed by atoms with van der Waals surface area (Å²) in [5, 5.41) is 0.488. The van der Waals surface area contributed by atoms with E-state index in [1.165, 1.54) is 0 Å². The van der Waals surface area contributed by atoms with Gasteiger partial charge in [0, 0.05) is 51.4 Å². The molecule has 1 aliphatic heterocycles. The van der Waals surface area contributed by atoms with E-state index in [4.69, 9.17) is 9.15 Å². The zero-order valence-corrected chi connectivity index (χ0v) is 18.8. The summed E-state index contributed by atoms with van der Waals surface area (Å²) in [5.41, 5.74) is 1.68. The van der Waals surface area contributed by atoms with E-state index < -0.39 is 5.63 Å². The first-order valence-corrected chi connectivity index (χ1v) is 10.9. The van der Waals surface area contributed by atoms with Gasteiger partial charge in [-0.3, -0.25) is 9.69 Å². The molecule has 32 heavy (non-hydrogen) atoms. The topological polar surface area (TPSA) is 88.8 Å². The molecule has 2 aromatic heterocycles. The molecule has 4 rings (SSSR count). The van der Waals surface area contributed by atoms with E-state index in [0.29, 0.717) is 35.1 Å². The number of hydrogen-bond acceptors (Lipinski definition) is 8. The Morgan fingerprint density at radius 3 is 2.69 bits per heavy atom. The quantitative estimate of drug-likeness (QED) is 0.559. The smallest absolute Gasteiger partial charge is 0.347 e. The number of piperazine rings is 1. The van der Waals surface area contributed by atoms with Crippen molar-refractivity contribution in [2.45, 2.75) is 26.7 Å². The molecule has 0 unspecified atom stereocenters. The van der Waals surface area contributed by atoms with E-state index >= 15 is 0 Å². The van der Waals surface area contributed by atoms with Crippen molar-refractivity contribution < 1.29 is 13.9 Å². The molecular weight excluding hydrogens is 408 g/mol. The first-order chi connectivity index (χ1) is 15.5. The lowest BCUT2D eigenvalue weighted by atomic mass is 10.1. The van der Waals surface area contributed by atoms with Crippen LogP contribution in [0.4, 0.5) is 5.82 Å². The molecule has 1 aliphatic rings. The molecule has 3 heterocycles. The molecule has 1 fully saturated rings. The highest BCUT2D eigenvalue weighted by Gasteiger charge is 2.23. The van der Waals surface area contributed by atoms with Crippen molar-refractivity contribution in [3.8, 4) is 17.2 Å². The molecule has 0 spiro atoms. The van der Waals surface area contributed by atoms with E-state index in [1.54, 1.807) is 26.3 Å². The predicted octanol–water partition coefficient (Wildman–Crippen LogP) is 2.92. The average Bonchev–Trinajstić information content (AvgIpc) is 2.82. The number of carbonyl (C=O) groups excluding carboxylic acids is 1. The van der Waals surface area contributed by atoms with Gasteiger partial charge in [-0.2, -0.15) is 0 Å². The number of anilines is 1. The summed E-state index contributed by atoms with van der Waals surface area (Å²) in [4.78, 5) is 37.9. The molecule has 0 N–H and O–H groups in total. The Labute approximate surface area is 186 Å². The Kier molecular flexibility index (Phi) is 6.50. The van der Waals surface area contributed by atoms with Crippen LogP contribution in [-0.4, -0.2) is 60.5 Å². The Morgan fingerprint density at radius 1 is 1.22 bits per heavy atom. The SMILES string of the molecule is CCc1cc(OC)cc2nc(-c3cccnc3N3CCN(CCC(C)=O)CC3)oc(=O)c12. The molecule has 1 saturated heterocycles. The second kappa shape index (κ2) is 9.48. The molecule has 0 amide bonds. The van der Waals surface area contributed by atoms with Gasteiger partial charge in [0.15, 0.2) is 0 Å². The molecule has 0 atom stereocenters. The molecule has 1 aromatic carbocycles. The molecule has 3 aromatic rings. The number of ketones is 1. The number of nitrogens with zero attached hydrogens (tertiary/aromatic N) is 4. The van der Waals surface area contributed by atoms with Gasteiger partial charge >= 0.3 is 5.63 Å². The summed E-state index contributed by atoms with van der Waals surface area (Å²) >= 11 is 0. The van der Waals surface area contributed by atoms with E-state index in [-0.39, 0.29) is 11.7 Å². The van der Waals surface area contributed by atoms with Crippen molar-refractivity contribution in [2.24, 2.45) is 0 Å². The standard InChI is InChI=1S/C24H28N4O4/c1-4-17-14-18(31-3)15-20-21(17)24(30)32-23(26-20)19-6-5-8-25-22(19)28-12-10-27(11-13-28)9-7-16(2)29/h5-6,8,14-15H,4,7,9-13H2,1-3H3. The number of hydrogen-bond donors (Lipinski definition) is 0. The Bertz CT molecular complexity index is 1180. The van der Waals surface area contributed by atoms with Crippen LogP contribution in [0.3, 0.4) is 0 Å². The monoisotopic (exact) mass is 436 g/mol. The fourth-order valence-electron chi connectivity index (χ4n) is 4.08. The van der Waals surface area contributed by atoms with Gasteiger partial charge in [0.05, 0.1) is 23.6 Å². The lowest BCUT2D eigenvalue weighted by Crippen LogP contribution is -2.47. The highest BCUT2D eigenvalue weighted by atomic mass is 16.5. The van der Waals surface area contributed by atoms with Crippen molar-refractivity contribution >= 4 is 22.5 Å². The van der Waals surface area contributed by atoms with Crippen molar-refractivity contribution in [3.63, 3.8) is 0 Å². The summed E-state index contributed by atoms with van der Waals surface area (Å²) in [5.74, 6) is 1.86. The maximum absolute atomic E-state index is 12.9. The van der Waals surface area contributed by atoms with Crippen LogP contribution in [0.25, 0.3) is 22.4 Å². The number of aromatic nitrogens is 2. The lowest BCUT2D eigenvalue weighted by molar-refractivity contribution is -0.117. The molecule has 168 valence electrons. The molecule has 0 saturated carbocycles. The molecule has 0 bridgehead atoms. The number of pyridine rings is 1. The minimum Gasteiger partial charge on any atom is -0.497 e. The highest BCUT2D eigenvalue weighted by Crippen LogP contribution is 2.30. The summed E-state index contributed by atoms with van der Waals surface area (Å²) < 4.78 is 11.1. The van der Waals surface area contributed by atoms with Gasteiger partial charge in [-0.05, 0) is 37.1 Å². The summed E-state index contributed by atoms with van der Waals surface area (Å²) in [7, 11) is 1.60. The normalized spacial score (nSPS) is 14.7. The van der Waals surface area contributed by atoms with Crippen LogP contribution in [-0.2, 0) is 11.2 Å². The second-order valence-electron chi connectivity index (χ2n) is 8.00. The number of fused-ring (bicyclic) bond motifs is 1. The number of ether oxygens (including phenoxy) is 1. The molecule has 8 heteroatoms. The first kappa shape index (κ1) is 22.0. The minimum absolute atomic E-state index is 0.208. The van der Waals surface area contributed by atoms with Gasteiger partial charge in [-0.1, -0.05) is 6.92 Å². The fraction of sp³-hybridized carbons (Fsp3) is 0.417. The fourth-order valence-corrected chi connectivity index (χ4v) is 4.08. The molecule has 0 aliphatic carbocycles. The van der Waals surface area contributed by atoms with Gasteiger partial charge in [0.2, 0.25) is 5.89 Å². The van der Waals surface area contributed by atoms with Gasteiger partial charge < -0.3 is 14.1 Å². The maximum Gasteiger partial charge on any atom is 0.347 e. The van der Waals surface area contributed by atoms with Gasteiger partial charge in [0.25, 0.3) is 0 Å². The predicted molar refractivity (Wildman–Crippen MR) is 123 cm³/mol. The van der Waals surface area contributed by atoms with E-state index in [0.717, 1.165) is 44.1 Å². The largest absolute Gasteiger partial charge is 0.497 e. The van der Waals surface area contributed by atoms with Crippen LogP contribution >= 0.6 is 0 Å². The summed E-state index contributed by atoms with van der Waals surface area (Å²) in [6, 6.07) is 7.31. The van der Waals surface area contributed by atoms with Crippen LogP contribution in [0, 0.1) is 0 Å². The molecule has 0 radical (unpaired) electrons. The van der Waals surface area contributed by atoms with Crippen LogP contribution in [0.2, 0.25) is 0 Å². The Balaban J connectivity index is 1.67. The summed E-state index contributed by atoms with van der Waals surface area (Å²) in [6.07, 6.45) is 2.98. The van der Waals surface area contributed by atoms with E-state index in [1.807, 2.05) is 25.1 Å². The third-order valence-corrected chi connectivity index (χ3v) is 5.87. The third kappa shape index (κ3) is 4.50. The zero-order valence-electron chi connectivity index (χ0n) is 18.8. The number of aryl methyl sites for hydroxylation is 1. The number of benzene rings is 1. The van der Waals surface area contributed by atoms with Crippen molar-refractivity contribution in [1.29, 1.82) is 0 Å². The lowest BCUT2D eigenvalue weighted by Gasteiger charge is -2.35. The number of rotatable bonds is 7. The van der Waals surface area contributed by atoms with Crippen LogP contribution < -0.4 is 15.3 Å². The molecule has 8 nitrogen and oxygen atoms in total. The van der Waals surface area contributed by atoms with E-state index in [9.17, 15) is 9.59 Å². The van der Waals surface area contributed by atoms with Crippen molar-refractivity contribution in [2.75, 3.05) is 44.7 Å². The van der Waals surface area contributed by atoms with Crippen molar-refractivity contribution in [1.82, 2.24) is 14.9 Å². The van der Waals surface area contributed by atoms with Crippen LogP contribution in [0.15, 0.2) is 39.7 Å². The number of Topliss-reactive ketones (excluding diaryl/α,β-unsaturated/α-hetero) is 1. The first-order valence-electron chi connectivity index (χ1n) is 10.9. The van der Waals surface area contributed by atoms with Crippen molar-refractivity contribution in [3.05, 3.63) is 46.4 Å². The van der Waals surface area contributed by atoms with Crippen LogP contribution in [0.5, 0.6) is 5.75 Å². The van der Waals surface area contributed by atoms with E-state index in [2.05, 4.69) is 19.8 Å². The second-order valence-corrected chi connectivity index (χ2v) is 8.00. The van der Waals surface area contributed by atoms with Crippen LogP contribution in [0.1, 0.15) is 25.8 Å². The van der Waals surface area contributed by atoms with Gasteiger partial charge in [-0.15, -0.1) is 0 Å². The Hall–Kier alpha value is -3.26. The highest BCUT2D eigenvalue weighted by molar-refractivity contribution is 5.84. The minimum atomic E-state index is -0.409. The zero-order chi connectivity index (χ0) is 22.7. The number of carbonyl (C=O) groups is 1. The number of methoxy groups -OCH3 is 1. The third-order valence-electron chi connectivity index (χ3n) is 5.87. The average molecular weight is 437 g/mol. The van der Waals surface area contributed by atoms with Gasteiger partial charge in [-0.25, -0.2) is 14.8 Å².